The molecule has 1 saturated heterocycles. The first kappa shape index (κ1) is 23.2. The summed E-state index contributed by atoms with van der Waals surface area (Å²) in [6.45, 7) is 3.17. The third-order valence-electron chi connectivity index (χ3n) is 5.68. The van der Waals surface area contributed by atoms with Crippen LogP contribution in [-0.4, -0.2) is 59.2 Å². The predicted molar refractivity (Wildman–Crippen MR) is 130 cm³/mol. The third kappa shape index (κ3) is 4.29. The molecule has 0 saturated carbocycles. The molecule has 1 aliphatic rings. The number of halogens is 2. The molecule has 1 aliphatic heterocycles. The van der Waals surface area contributed by atoms with Gasteiger partial charge in [-0.3, -0.25) is 0 Å². The number of hydrogen-bond acceptors (Lipinski definition) is 8. The van der Waals surface area contributed by atoms with E-state index in [0.717, 1.165) is 10.9 Å². The minimum absolute atomic E-state index is 0.347. The fourth-order valence-corrected chi connectivity index (χ4v) is 4.80. The topological polar surface area (TPSA) is 80.6 Å². The quantitative estimate of drug-likeness (QED) is 0.388. The summed E-state index contributed by atoms with van der Waals surface area (Å²) in [5.41, 5.74) is 1.15. The van der Waals surface area contributed by atoms with Crippen LogP contribution in [0.3, 0.4) is 0 Å². The zero-order chi connectivity index (χ0) is 23.0. The fourth-order valence-electron chi connectivity index (χ4n) is 3.76. The summed E-state index contributed by atoms with van der Waals surface area (Å²) in [5.74, 6) is 1.59. The minimum Gasteiger partial charge on any atom is -0.495 e. The molecule has 32 heavy (non-hydrogen) atoms. The number of aliphatic hydroxyl groups is 1. The van der Waals surface area contributed by atoms with Gasteiger partial charge in [-0.2, -0.15) is 0 Å². The fraction of sp³-hybridized carbons (Fsp3) is 0.409. The molecule has 0 aliphatic carbocycles. The van der Waals surface area contributed by atoms with Crippen LogP contribution in [0.5, 0.6) is 11.5 Å². The van der Waals surface area contributed by atoms with E-state index in [2.05, 4.69) is 9.88 Å². The maximum absolute atomic E-state index is 10.4. The number of methoxy groups -OCH3 is 2. The number of hydrogen-bond donors (Lipinski definition) is 1. The summed E-state index contributed by atoms with van der Waals surface area (Å²) in [6, 6.07) is 3.52. The molecule has 3 aromatic rings. The minimum atomic E-state index is -0.684. The molecule has 1 aromatic carbocycles. The normalized spacial score (nSPS) is 15.8. The molecule has 10 heteroatoms. The lowest BCUT2D eigenvalue weighted by Crippen LogP contribution is -2.43. The molecular weight excluding hydrogens is 471 g/mol. The molecule has 1 fully saturated rings. The predicted octanol–water partition coefficient (Wildman–Crippen LogP) is 5.09. The van der Waals surface area contributed by atoms with E-state index in [9.17, 15) is 5.11 Å². The zero-order valence-electron chi connectivity index (χ0n) is 18.3. The first-order chi connectivity index (χ1) is 15.3. The smallest absolute Gasteiger partial charge is 0.187 e. The zero-order valence-corrected chi connectivity index (χ0v) is 20.6. The van der Waals surface area contributed by atoms with Gasteiger partial charge in [0.15, 0.2) is 11.0 Å². The van der Waals surface area contributed by atoms with E-state index in [1.807, 2.05) is 19.2 Å². The number of thioether (sulfide) groups is 1. The lowest BCUT2D eigenvalue weighted by Gasteiger charge is -2.36. The Kier molecular flexibility index (Phi) is 6.58. The second-order valence-electron chi connectivity index (χ2n) is 7.89. The van der Waals surface area contributed by atoms with Crippen molar-refractivity contribution < 1.29 is 14.6 Å². The molecule has 0 amide bonds. The number of aromatic nitrogens is 3. The summed E-state index contributed by atoms with van der Waals surface area (Å²) in [6.07, 6.45) is 4.98. The van der Waals surface area contributed by atoms with Crippen molar-refractivity contribution in [1.29, 1.82) is 0 Å². The number of pyridine rings is 1. The highest BCUT2D eigenvalue weighted by molar-refractivity contribution is 7.98. The van der Waals surface area contributed by atoms with Crippen molar-refractivity contribution in [2.45, 2.75) is 30.5 Å². The Morgan fingerprint density at radius 2 is 1.69 bits per heavy atom. The SMILES string of the molecule is COc1cc(OC)c(Cl)c(-c2cc3cnc(SC)nc3c(N3CCC(C)(O)CC3)n2)c1Cl. The van der Waals surface area contributed by atoms with Gasteiger partial charge in [0, 0.05) is 36.3 Å². The largest absolute Gasteiger partial charge is 0.495 e. The first-order valence-electron chi connectivity index (χ1n) is 10.1. The van der Waals surface area contributed by atoms with E-state index in [1.54, 1.807) is 12.3 Å². The average Bonchev–Trinajstić information content (AvgIpc) is 2.78. The van der Waals surface area contributed by atoms with Crippen LogP contribution in [0.4, 0.5) is 5.82 Å². The summed E-state index contributed by atoms with van der Waals surface area (Å²) >= 11 is 14.8. The lowest BCUT2D eigenvalue weighted by molar-refractivity contribution is 0.0350. The van der Waals surface area contributed by atoms with E-state index in [0.29, 0.717) is 69.7 Å². The van der Waals surface area contributed by atoms with Crippen molar-refractivity contribution in [3.05, 3.63) is 28.4 Å². The Hall–Kier alpha value is -2.00. The van der Waals surface area contributed by atoms with Gasteiger partial charge in [0.05, 0.1) is 35.6 Å². The van der Waals surface area contributed by atoms with Crippen LogP contribution < -0.4 is 14.4 Å². The van der Waals surface area contributed by atoms with Gasteiger partial charge in [-0.25, -0.2) is 15.0 Å². The molecule has 7 nitrogen and oxygen atoms in total. The lowest BCUT2D eigenvalue weighted by atomic mass is 9.94. The van der Waals surface area contributed by atoms with Crippen molar-refractivity contribution >= 4 is 51.7 Å². The number of anilines is 1. The number of piperidine rings is 1. The summed E-state index contributed by atoms with van der Waals surface area (Å²) in [7, 11) is 3.07. The van der Waals surface area contributed by atoms with Crippen LogP contribution in [0.1, 0.15) is 19.8 Å². The Morgan fingerprint density at radius 1 is 1.06 bits per heavy atom. The second-order valence-corrected chi connectivity index (χ2v) is 9.42. The van der Waals surface area contributed by atoms with Gasteiger partial charge >= 0.3 is 0 Å². The third-order valence-corrected chi connectivity index (χ3v) is 6.99. The molecule has 0 spiro atoms. The molecular formula is C22H24Cl2N4O3S. The van der Waals surface area contributed by atoms with Crippen LogP contribution in [0.2, 0.25) is 10.0 Å². The molecule has 170 valence electrons. The van der Waals surface area contributed by atoms with Gasteiger partial charge in [0.2, 0.25) is 0 Å². The number of ether oxygens (including phenoxy) is 2. The number of benzene rings is 1. The van der Waals surface area contributed by atoms with Crippen LogP contribution in [0, 0.1) is 0 Å². The van der Waals surface area contributed by atoms with Crippen molar-refractivity contribution in [2.75, 3.05) is 38.5 Å². The first-order valence-corrected chi connectivity index (χ1v) is 12.1. The number of rotatable bonds is 5. The average molecular weight is 495 g/mol. The second kappa shape index (κ2) is 9.09. The van der Waals surface area contributed by atoms with Crippen molar-refractivity contribution in [3.63, 3.8) is 0 Å². The van der Waals surface area contributed by atoms with Gasteiger partial charge in [-0.1, -0.05) is 35.0 Å². The Labute approximate surface area is 201 Å². The Balaban J connectivity index is 1.95. The molecule has 0 radical (unpaired) electrons. The van der Waals surface area contributed by atoms with E-state index >= 15 is 0 Å². The van der Waals surface area contributed by atoms with Crippen LogP contribution in [-0.2, 0) is 0 Å². The molecule has 2 aromatic heterocycles. The van der Waals surface area contributed by atoms with Crippen molar-refractivity contribution in [3.8, 4) is 22.8 Å². The summed E-state index contributed by atoms with van der Waals surface area (Å²) in [5, 5.41) is 12.6. The van der Waals surface area contributed by atoms with E-state index in [-0.39, 0.29) is 0 Å². The summed E-state index contributed by atoms with van der Waals surface area (Å²) < 4.78 is 10.9. The number of fused-ring (bicyclic) bond motifs is 1. The molecule has 1 N–H and O–H groups in total. The van der Waals surface area contributed by atoms with Crippen LogP contribution in [0.25, 0.3) is 22.2 Å². The molecule has 3 heterocycles. The van der Waals surface area contributed by atoms with Gasteiger partial charge in [0.1, 0.15) is 17.0 Å². The highest BCUT2D eigenvalue weighted by atomic mass is 35.5. The standard InChI is InChI=1S/C22H24Cl2N4O3S/c1-22(29)5-7-28(8-6-22)20-19-12(11-25-21(27-19)32-4)9-13(26-20)16-17(23)14(30-2)10-15(31-3)18(16)24/h9-11,29H,5-8H2,1-4H3. The van der Waals surface area contributed by atoms with Crippen molar-refractivity contribution in [1.82, 2.24) is 15.0 Å². The summed E-state index contributed by atoms with van der Waals surface area (Å²) in [4.78, 5) is 16.2. The van der Waals surface area contributed by atoms with Gasteiger partial charge in [-0.15, -0.1) is 0 Å². The van der Waals surface area contributed by atoms with Gasteiger partial charge in [-0.05, 0) is 32.1 Å². The monoisotopic (exact) mass is 494 g/mol. The van der Waals surface area contributed by atoms with Gasteiger partial charge in [0.25, 0.3) is 0 Å². The maximum atomic E-state index is 10.4. The Bertz CT molecular complexity index is 1140. The molecule has 0 unspecified atom stereocenters. The van der Waals surface area contributed by atoms with Crippen LogP contribution >= 0.6 is 35.0 Å². The molecule has 0 bridgehead atoms. The van der Waals surface area contributed by atoms with Crippen LogP contribution in [0.15, 0.2) is 23.5 Å². The van der Waals surface area contributed by atoms with E-state index < -0.39 is 5.60 Å². The highest BCUT2D eigenvalue weighted by Gasteiger charge is 2.30. The maximum Gasteiger partial charge on any atom is 0.187 e. The Morgan fingerprint density at radius 3 is 2.25 bits per heavy atom. The van der Waals surface area contributed by atoms with Gasteiger partial charge < -0.3 is 19.5 Å². The highest BCUT2D eigenvalue weighted by Crippen LogP contribution is 2.46. The molecule has 4 rings (SSSR count). The number of nitrogens with zero attached hydrogens (tertiary/aromatic N) is 4. The van der Waals surface area contributed by atoms with Crippen molar-refractivity contribution in [2.24, 2.45) is 0 Å². The van der Waals surface area contributed by atoms with E-state index in [4.69, 9.17) is 42.6 Å². The van der Waals surface area contributed by atoms with E-state index in [1.165, 1.54) is 26.0 Å². The molecule has 0 atom stereocenters.